The first-order valence-corrected chi connectivity index (χ1v) is 8.23. The van der Waals surface area contributed by atoms with Crippen molar-refractivity contribution in [2.24, 2.45) is 0 Å². The van der Waals surface area contributed by atoms with Gasteiger partial charge >= 0.3 is 5.97 Å². The van der Waals surface area contributed by atoms with Gasteiger partial charge in [0.2, 0.25) is 0 Å². The molecule has 1 aliphatic rings. The number of hydrogen-bond acceptors (Lipinski definition) is 6. The van der Waals surface area contributed by atoms with Gasteiger partial charge in [0, 0.05) is 30.9 Å². The number of piperidine rings is 1. The fourth-order valence-corrected chi connectivity index (χ4v) is 2.97. The fourth-order valence-electron chi connectivity index (χ4n) is 2.97. The van der Waals surface area contributed by atoms with E-state index < -0.39 is 10.9 Å². The molecule has 2 heterocycles. The summed E-state index contributed by atoms with van der Waals surface area (Å²) in [7, 11) is 0. The second kappa shape index (κ2) is 7.29. The lowest BCUT2D eigenvalue weighted by atomic mass is 10.1. The van der Waals surface area contributed by atoms with Gasteiger partial charge in [-0.15, -0.1) is 0 Å². The number of nitro benzene ring substituents is 1. The van der Waals surface area contributed by atoms with E-state index in [9.17, 15) is 14.9 Å². The molecule has 3 rings (SSSR count). The minimum absolute atomic E-state index is 0.00446. The Morgan fingerprint density at radius 1 is 1.24 bits per heavy atom. The van der Waals surface area contributed by atoms with Crippen LogP contribution in [0.25, 0.3) is 0 Å². The predicted octanol–water partition coefficient (Wildman–Crippen LogP) is 3.51. The fraction of sp³-hybridized carbons (Fsp3) is 0.333. The minimum atomic E-state index is -0.512. The smallest absolute Gasteiger partial charge is 0.347 e. The maximum Gasteiger partial charge on any atom is 0.347 e. The van der Waals surface area contributed by atoms with Crippen LogP contribution in [-0.4, -0.2) is 29.0 Å². The summed E-state index contributed by atoms with van der Waals surface area (Å²) in [6.07, 6.45) is 5.00. The van der Waals surface area contributed by atoms with E-state index in [1.807, 2.05) is 0 Å². The van der Waals surface area contributed by atoms with Crippen molar-refractivity contribution in [1.29, 1.82) is 0 Å². The van der Waals surface area contributed by atoms with Gasteiger partial charge in [0.1, 0.15) is 17.1 Å². The lowest BCUT2D eigenvalue weighted by Gasteiger charge is -2.28. The van der Waals surface area contributed by atoms with Crippen LogP contribution in [0.4, 0.5) is 11.5 Å². The van der Waals surface area contributed by atoms with Crippen LogP contribution >= 0.6 is 0 Å². The van der Waals surface area contributed by atoms with Gasteiger partial charge in [0.15, 0.2) is 0 Å². The molecule has 0 aliphatic carbocycles. The molecule has 1 saturated heterocycles. The van der Waals surface area contributed by atoms with Gasteiger partial charge in [-0.2, -0.15) is 0 Å². The van der Waals surface area contributed by atoms with Gasteiger partial charge in [0.25, 0.3) is 5.69 Å². The molecule has 1 aromatic heterocycles. The van der Waals surface area contributed by atoms with Crippen molar-refractivity contribution in [2.75, 3.05) is 18.0 Å². The topological polar surface area (TPSA) is 85.6 Å². The third-order valence-electron chi connectivity index (χ3n) is 4.24. The largest absolute Gasteiger partial charge is 0.423 e. The number of aryl methyl sites for hydroxylation is 1. The van der Waals surface area contributed by atoms with Crippen LogP contribution in [0.15, 0.2) is 36.5 Å². The first-order valence-electron chi connectivity index (χ1n) is 8.23. The lowest BCUT2D eigenvalue weighted by molar-refractivity contribution is -0.385. The summed E-state index contributed by atoms with van der Waals surface area (Å²) in [5.74, 6) is 0.398. The number of esters is 1. The number of carbonyl (C=O) groups excluding carboxylic acids is 1. The molecule has 0 saturated carbocycles. The summed E-state index contributed by atoms with van der Waals surface area (Å²) in [5, 5.41) is 10.9. The Balaban J connectivity index is 1.82. The third-order valence-corrected chi connectivity index (χ3v) is 4.24. The van der Waals surface area contributed by atoms with Gasteiger partial charge in [-0.1, -0.05) is 0 Å². The molecule has 1 fully saturated rings. The molecule has 1 aromatic carbocycles. The molecule has 2 aromatic rings. The first-order chi connectivity index (χ1) is 12.1. The quantitative estimate of drug-likeness (QED) is 0.366. The third kappa shape index (κ3) is 3.76. The zero-order valence-corrected chi connectivity index (χ0v) is 14.0. The number of pyridine rings is 1. The number of aromatic nitrogens is 1. The van der Waals surface area contributed by atoms with Crippen LogP contribution in [0, 0.1) is 17.0 Å². The van der Waals surface area contributed by atoms with Crippen LogP contribution in [0.2, 0.25) is 0 Å². The van der Waals surface area contributed by atoms with Crippen molar-refractivity contribution in [3.63, 3.8) is 0 Å². The summed E-state index contributed by atoms with van der Waals surface area (Å²) in [4.78, 5) is 29.5. The van der Waals surface area contributed by atoms with E-state index in [1.165, 1.54) is 24.6 Å². The molecular formula is C18H19N3O4. The number of nitrogens with zero attached hydrogens (tertiary/aromatic N) is 3. The van der Waals surface area contributed by atoms with Crippen LogP contribution in [-0.2, 0) is 0 Å². The maximum absolute atomic E-state index is 12.6. The number of nitro groups is 1. The summed E-state index contributed by atoms with van der Waals surface area (Å²) in [6, 6.07) is 7.66. The normalized spacial score (nSPS) is 14.2. The monoisotopic (exact) mass is 341 g/mol. The Morgan fingerprint density at radius 3 is 2.68 bits per heavy atom. The van der Waals surface area contributed by atoms with Crippen LogP contribution < -0.4 is 9.64 Å². The number of rotatable bonds is 4. The molecule has 0 N–H and O–H groups in total. The Morgan fingerprint density at radius 2 is 2.00 bits per heavy atom. The highest BCUT2D eigenvalue weighted by molar-refractivity contribution is 5.96. The zero-order valence-electron chi connectivity index (χ0n) is 14.0. The second-order valence-electron chi connectivity index (χ2n) is 6.02. The van der Waals surface area contributed by atoms with Crippen molar-refractivity contribution >= 4 is 17.5 Å². The molecule has 7 nitrogen and oxygen atoms in total. The Kier molecular flexibility index (Phi) is 4.92. The molecule has 0 radical (unpaired) electrons. The number of anilines is 1. The standard InChI is InChI=1S/C18H19N3O4/c1-13-12-14(7-8-16(13)21(23)24)25-18(22)15-6-5-9-19-17(15)20-10-3-2-4-11-20/h5-9,12H,2-4,10-11H2,1H3. The van der Waals surface area contributed by atoms with E-state index in [0.717, 1.165) is 25.9 Å². The highest BCUT2D eigenvalue weighted by Gasteiger charge is 2.21. The SMILES string of the molecule is Cc1cc(OC(=O)c2cccnc2N2CCCCC2)ccc1[N+](=O)[O-]. The molecular weight excluding hydrogens is 322 g/mol. The van der Waals surface area contributed by atoms with Crippen LogP contribution in [0.5, 0.6) is 5.75 Å². The van der Waals surface area contributed by atoms with E-state index in [1.54, 1.807) is 25.3 Å². The molecule has 7 heteroatoms. The highest BCUT2D eigenvalue weighted by Crippen LogP contribution is 2.26. The van der Waals surface area contributed by atoms with E-state index in [0.29, 0.717) is 16.9 Å². The molecule has 0 spiro atoms. The number of hydrogen-bond donors (Lipinski definition) is 0. The zero-order chi connectivity index (χ0) is 17.8. The molecule has 0 atom stereocenters. The average Bonchev–Trinajstić information content (AvgIpc) is 2.62. The maximum atomic E-state index is 12.6. The van der Waals surface area contributed by atoms with Gasteiger partial charge in [0.05, 0.1) is 4.92 Å². The predicted molar refractivity (Wildman–Crippen MR) is 93.1 cm³/mol. The van der Waals surface area contributed by atoms with Crippen LogP contribution in [0.3, 0.4) is 0 Å². The summed E-state index contributed by atoms with van der Waals surface area (Å²) in [6.45, 7) is 3.35. The number of ether oxygens (including phenoxy) is 1. The Labute approximate surface area is 145 Å². The Hall–Kier alpha value is -2.96. The van der Waals surface area contributed by atoms with Crippen molar-refractivity contribution in [2.45, 2.75) is 26.2 Å². The summed E-state index contributed by atoms with van der Waals surface area (Å²) < 4.78 is 5.42. The van der Waals surface area contributed by atoms with Gasteiger partial charge in [-0.05, 0) is 50.5 Å². The molecule has 1 aliphatic heterocycles. The summed E-state index contributed by atoms with van der Waals surface area (Å²) >= 11 is 0. The van der Waals surface area contributed by atoms with Gasteiger partial charge < -0.3 is 9.64 Å². The van der Waals surface area contributed by atoms with E-state index in [-0.39, 0.29) is 11.4 Å². The average molecular weight is 341 g/mol. The molecule has 0 bridgehead atoms. The second-order valence-corrected chi connectivity index (χ2v) is 6.02. The number of carbonyl (C=O) groups is 1. The minimum Gasteiger partial charge on any atom is -0.423 e. The van der Waals surface area contributed by atoms with Crippen molar-refractivity contribution < 1.29 is 14.5 Å². The van der Waals surface area contributed by atoms with Crippen LogP contribution in [0.1, 0.15) is 35.2 Å². The highest BCUT2D eigenvalue weighted by atomic mass is 16.6. The molecule has 0 unspecified atom stereocenters. The first kappa shape index (κ1) is 16.9. The molecule has 130 valence electrons. The molecule has 25 heavy (non-hydrogen) atoms. The molecule has 0 amide bonds. The van der Waals surface area contributed by atoms with Crippen molar-refractivity contribution in [3.05, 3.63) is 57.8 Å². The van der Waals surface area contributed by atoms with Crippen molar-refractivity contribution in [1.82, 2.24) is 4.98 Å². The van der Waals surface area contributed by atoms with E-state index >= 15 is 0 Å². The van der Waals surface area contributed by atoms with Gasteiger partial charge in [-0.25, -0.2) is 9.78 Å². The number of benzene rings is 1. The van der Waals surface area contributed by atoms with Gasteiger partial charge in [-0.3, -0.25) is 10.1 Å². The Bertz CT molecular complexity index is 801. The van der Waals surface area contributed by atoms with Crippen molar-refractivity contribution in [3.8, 4) is 5.75 Å². The van der Waals surface area contributed by atoms with E-state index in [4.69, 9.17) is 4.74 Å². The van der Waals surface area contributed by atoms with E-state index in [2.05, 4.69) is 9.88 Å². The summed E-state index contributed by atoms with van der Waals surface area (Å²) in [5.41, 5.74) is 0.841. The lowest BCUT2D eigenvalue weighted by Crippen LogP contribution is -2.32.